The Balaban J connectivity index is 2.09. The fraction of sp³-hybridized carbons (Fsp3) is 0.909. The van der Waals surface area contributed by atoms with Crippen molar-refractivity contribution in [1.29, 1.82) is 0 Å². The van der Waals surface area contributed by atoms with E-state index in [1.165, 1.54) is 0 Å². The standard InChI is InChI=1S/C11H18O2/c1-7-2-9-4-8(6-12)5-10(3-7)11(9)13/h7-10,12H,2-6H2,1H3/t7?,8?,9-,10+. The van der Waals surface area contributed by atoms with Crippen LogP contribution in [0.4, 0.5) is 0 Å². The fourth-order valence-electron chi connectivity index (χ4n) is 3.11. The van der Waals surface area contributed by atoms with Crippen LogP contribution < -0.4 is 0 Å². The molecule has 0 aromatic heterocycles. The van der Waals surface area contributed by atoms with Crippen LogP contribution in [0.2, 0.25) is 0 Å². The van der Waals surface area contributed by atoms with E-state index >= 15 is 0 Å². The van der Waals surface area contributed by atoms with Crippen LogP contribution in [-0.2, 0) is 4.79 Å². The molecule has 13 heavy (non-hydrogen) atoms. The summed E-state index contributed by atoms with van der Waals surface area (Å²) >= 11 is 0. The smallest absolute Gasteiger partial charge is 0.139 e. The molecule has 1 N–H and O–H groups in total. The van der Waals surface area contributed by atoms with E-state index in [-0.39, 0.29) is 18.4 Å². The summed E-state index contributed by atoms with van der Waals surface area (Å²) in [6, 6.07) is 0. The molecule has 0 heterocycles. The molecular formula is C11H18O2. The van der Waals surface area contributed by atoms with Crippen LogP contribution in [0.3, 0.4) is 0 Å². The second-order valence-electron chi connectivity index (χ2n) is 4.89. The van der Waals surface area contributed by atoms with Crippen molar-refractivity contribution in [2.75, 3.05) is 6.61 Å². The number of carbonyl (C=O) groups is 1. The third-order valence-corrected chi connectivity index (χ3v) is 3.67. The van der Waals surface area contributed by atoms with E-state index in [0.717, 1.165) is 25.7 Å². The predicted octanol–water partition coefficient (Wildman–Crippen LogP) is 1.62. The predicted molar refractivity (Wildman–Crippen MR) is 50.2 cm³/mol. The minimum absolute atomic E-state index is 0.272. The van der Waals surface area contributed by atoms with E-state index in [1.807, 2.05) is 0 Å². The molecule has 0 aromatic rings. The highest BCUT2D eigenvalue weighted by atomic mass is 16.3. The van der Waals surface area contributed by atoms with Crippen molar-refractivity contribution < 1.29 is 9.90 Å². The molecule has 0 amide bonds. The van der Waals surface area contributed by atoms with Crippen molar-refractivity contribution in [3.8, 4) is 0 Å². The van der Waals surface area contributed by atoms with Gasteiger partial charge >= 0.3 is 0 Å². The average Bonchev–Trinajstić information content (AvgIpc) is 2.07. The Hall–Kier alpha value is -0.370. The topological polar surface area (TPSA) is 37.3 Å². The molecule has 0 aliphatic heterocycles. The first kappa shape index (κ1) is 9.20. The van der Waals surface area contributed by atoms with Gasteiger partial charge in [0.1, 0.15) is 5.78 Å². The quantitative estimate of drug-likeness (QED) is 0.669. The monoisotopic (exact) mass is 182 g/mol. The Labute approximate surface area is 79.3 Å². The van der Waals surface area contributed by atoms with Gasteiger partial charge in [-0.2, -0.15) is 0 Å². The zero-order valence-corrected chi connectivity index (χ0v) is 8.20. The number of fused-ring (bicyclic) bond motifs is 2. The van der Waals surface area contributed by atoms with Gasteiger partial charge in [0.15, 0.2) is 0 Å². The number of aliphatic hydroxyl groups excluding tert-OH is 1. The summed E-state index contributed by atoms with van der Waals surface area (Å²) in [5, 5.41) is 9.09. The highest BCUT2D eigenvalue weighted by Crippen LogP contribution is 2.42. The average molecular weight is 182 g/mol. The molecule has 2 aliphatic carbocycles. The van der Waals surface area contributed by atoms with E-state index in [9.17, 15) is 4.79 Å². The fourth-order valence-corrected chi connectivity index (χ4v) is 3.11. The molecular weight excluding hydrogens is 164 g/mol. The molecule has 0 aromatic carbocycles. The molecule has 0 saturated heterocycles. The number of aliphatic hydroxyl groups is 1. The zero-order chi connectivity index (χ0) is 9.42. The summed E-state index contributed by atoms with van der Waals surface area (Å²) < 4.78 is 0. The van der Waals surface area contributed by atoms with Crippen molar-refractivity contribution in [1.82, 2.24) is 0 Å². The van der Waals surface area contributed by atoms with Crippen LogP contribution in [0.1, 0.15) is 32.6 Å². The number of hydrogen-bond donors (Lipinski definition) is 1. The Morgan fingerprint density at radius 3 is 2.23 bits per heavy atom. The van der Waals surface area contributed by atoms with Crippen LogP contribution >= 0.6 is 0 Å². The molecule has 2 aliphatic rings. The van der Waals surface area contributed by atoms with Gasteiger partial charge in [-0.25, -0.2) is 0 Å². The Kier molecular flexibility index (Phi) is 2.41. The van der Waals surface area contributed by atoms with Crippen LogP contribution in [-0.4, -0.2) is 17.5 Å². The lowest BCUT2D eigenvalue weighted by Gasteiger charge is -2.39. The molecule has 2 unspecified atom stereocenters. The first-order valence-corrected chi connectivity index (χ1v) is 5.35. The van der Waals surface area contributed by atoms with E-state index in [0.29, 0.717) is 17.6 Å². The van der Waals surface area contributed by atoms with Gasteiger partial charge in [0, 0.05) is 18.4 Å². The van der Waals surface area contributed by atoms with Crippen molar-refractivity contribution in [3.63, 3.8) is 0 Å². The van der Waals surface area contributed by atoms with E-state index in [4.69, 9.17) is 5.11 Å². The van der Waals surface area contributed by atoms with Gasteiger partial charge < -0.3 is 5.11 Å². The van der Waals surface area contributed by atoms with Crippen LogP contribution in [0, 0.1) is 23.7 Å². The summed E-state index contributed by atoms with van der Waals surface area (Å²) in [5.74, 6) is 2.16. The zero-order valence-electron chi connectivity index (χ0n) is 8.20. The van der Waals surface area contributed by atoms with Crippen LogP contribution in [0.15, 0.2) is 0 Å². The minimum Gasteiger partial charge on any atom is -0.396 e. The van der Waals surface area contributed by atoms with Crippen molar-refractivity contribution >= 4 is 5.78 Å². The highest BCUT2D eigenvalue weighted by molar-refractivity contribution is 5.85. The van der Waals surface area contributed by atoms with Crippen molar-refractivity contribution in [3.05, 3.63) is 0 Å². The minimum atomic E-state index is 0.272. The first-order valence-electron chi connectivity index (χ1n) is 5.35. The van der Waals surface area contributed by atoms with E-state index in [2.05, 4.69) is 6.92 Å². The molecule has 2 saturated carbocycles. The van der Waals surface area contributed by atoms with Crippen molar-refractivity contribution in [2.45, 2.75) is 32.6 Å². The van der Waals surface area contributed by atoms with Gasteiger partial charge in [-0.3, -0.25) is 4.79 Å². The van der Waals surface area contributed by atoms with E-state index in [1.54, 1.807) is 0 Å². The largest absolute Gasteiger partial charge is 0.396 e. The van der Waals surface area contributed by atoms with Crippen molar-refractivity contribution in [2.24, 2.45) is 23.7 Å². The third kappa shape index (κ3) is 1.64. The molecule has 0 radical (unpaired) electrons. The van der Waals surface area contributed by atoms with Crippen LogP contribution in [0.25, 0.3) is 0 Å². The Morgan fingerprint density at radius 2 is 1.77 bits per heavy atom. The molecule has 2 rings (SSSR count). The number of ketones is 1. The maximum atomic E-state index is 11.7. The summed E-state index contributed by atoms with van der Waals surface area (Å²) in [6.45, 7) is 2.51. The van der Waals surface area contributed by atoms with Crippen LogP contribution in [0.5, 0.6) is 0 Å². The van der Waals surface area contributed by atoms with Gasteiger partial charge in [-0.1, -0.05) is 6.92 Å². The van der Waals surface area contributed by atoms with Gasteiger partial charge in [0.25, 0.3) is 0 Å². The second-order valence-corrected chi connectivity index (χ2v) is 4.89. The SMILES string of the molecule is CC1C[C@@H]2CC(CO)C[C@H](C1)C2=O. The lowest BCUT2D eigenvalue weighted by molar-refractivity contribution is -0.135. The summed E-state index contributed by atoms with van der Waals surface area (Å²) in [5.41, 5.74) is 0. The lowest BCUT2D eigenvalue weighted by Crippen LogP contribution is -2.40. The molecule has 0 spiro atoms. The lowest BCUT2D eigenvalue weighted by atomic mass is 9.64. The Morgan fingerprint density at radius 1 is 1.23 bits per heavy atom. The molecule has 2 nitrogen and oxygen atoms in total. The van der Waals surface area contributed by atoms with Gasteiger partial charge in [-0.15, -0.1) is 0 Å². The molecule has 74 valence electrons. The van der Waals surface area contributed by atoms with Gasteiger partial charge in [-0.05, 0) is 37.5 Å². The third-order valence-electron chi connectivity index (χ3n) is 3.67. The molecule has 2 bridgehead atoms. The van der Waals surface area contributed by atoms with Gasteiger partial charge in [0.2, 0.25) is 0 Å². The maximum absolute atomic E-state index is 11.7. The highest BCUT2D eigenvalue weighted by Gasteiger charge is 2.40. The number of carbonyl (C=O) groups excluding carboxylic acids is 1. The molecule has 4 atom stereocenters. The first-order chi connectivity index (χ1) is 6.20. The summed E-state index contributed by atoms with van der Waals surface area (Å²) in [7, 11) is 0. The molecule has 2 heteroatoms. The maximum Gasteiger partial charge on any atom is 0.139 e. The number of rotatable bonds is 1. The summed E-state index contributed by atoms with van der Waals surface area (Å²) in [6.07, 6.45) is 4.00. The number of hydrogen-bond acceptors (Lipinski definition) is 2. The second kappa shape index (κ2) is 3.41. The van der Waals surface area contributed by atoms with Gasteiger partial charge in [0.05, 0.1) is 0 Å². The normalized spacial score (nSPS) is 44.9. The molecule has 2 fully saturated rings. The Bertz CT molecular complexity index is 194. The van der Waals surface area contributed by atoms with E-state index < -0.39 is 0 Å². The summed E-state index contributed by atoms with van der Waals surface area (Å²) in [4.78, 5) is 11.7. The number of Topliss-reactive ketones (excluding diaryl/α,β-unsaturated/α-hetero) is 1.